The highest BCUT2D eigenvalue weighted by Gasteiger charge is 2.54. The highest BCUT2D eigenvalue weighted by Crippen LogP contribution is 2.56. The minimum atomic E-state index is -0.331. The predicted molar refractivity (Wildman–Crippen MR) is 69.0 cm³/mol. The smallest absolute Gasteiger partial charge is 0.123 e. The maximum atomic E-state index is 12.9. The summed E-state index contributed by atoms with van der Waals surface area (Å²) in [7, 11) is 0. The molecule has 2 unspecified atom stereocenters. The molecule has 3 heteroatoms. The SMILES string of the molecule is CC1(c2ccc(Cl)cc2)OC1c1ccc(F)cc1. The number of benzene rings is 2. The third-order valence-corrected chi connectivity index (χ3v) is 3.65. The number of hydrogen-bond donors (Lipinski definition) is 0. The van der Waals surface area contributed by atoms with Crippen LogP contribution in [0.2, 0.25) is 5.02 Å². The van der Waals surface area contributed by atoms with Gasteiger partial charge in [-0.25, -0.2) is 4.39 Å². The normalized spacial score (nSPS) is 26.1. The van der Waals surface area contributed by atoms with E-state index in [0.717, 1.165) is 11.1 Å². The summed E-state index contributed by atoms with van der Waals surface area (Å²) in [5.74, 6) is -0.229. The highest BCUT2D eigenvalue weighted by atomic mass is 35.5. The van der Waals surface area contributed by atoms with E-state index in [1.165, 1.54) is 12.1 Å². The molecular formula is C15H12ClFO. The monoisotopic (exact) mass is 262 g/mol. The highest BCUT2D eigenvalue weighted by molar-refractivity contribution is 6.30. The van der Waals surface area contributed by atoms with E-state index in [1.807, 2.05) is 31.2 Å². The second-order valence-electron chi connectivity index (χ2n) is 4.66. The van der Waals surface area contributed by atoms with Crippen molar-refractivity contribution in [2.45, 2.75) is 18.6 Å². The molecule has 0 bridgehead atoms. The Hall–Kier alpha value is -1.38. The molecule has 1 saturated heterocycles. The summed E-state index contributed by atoms with van der Waals surface area (Å²) < 4.78 is 18.7. The van der Waals surface area contributed by atoms with Crippen molar-refractivity contribution in [1.82, 2.24) is 0 Å². The molecule has 0 amide bonds. The zero-order valence-electron chi connectivity index (χ0n) is 9.86. The predicted octanol–water partition coefficient (Wildman–Crippen LogP) is 4.47. The van der Waals surface area contributed by atoms with E-state index in [4.69, 9.17) is 16.3 Å². The molecule has 0 saturated carbocycles. The molecule has 3 rings (SSSR count). The quantitative estimate of drug-likeness (QED) is 0.728. The summed E-state index contributed by atoms with van der Waals surface area (Å²) in [5.41, 5.74) is 1.75. The lowest BCUT2D eigenvalue weighted by molar-refractivity contribution is 0.313. The molecule has 0 spiro atoms. The summed E-state index contributed by atoms with van der Waals surface area (Å²) in [5, 5.41) is 0.710. The van der Waals surface area contributed by atoms with Gasteiger partial charge in [0.15, 0.2) is 0 Å². The Morgan fingerprint density at radius 1 is 1.06 bits per heavy atom. The van der Waals surface area contributed by atoms with Crippen molar-refractivity contribution >= 4 is 11.6 Å². The number of halogens is 2. The van der Waals surface area contributed by atoms with Crippen LogP contribution in [0.5, 0.6) is 0 Å². The van der Waals surface area contributed by atoms with Crippen LogP contribution < -0.4 is 0 Å². The maximum absolute atomic E-state index is 12.9. The molecular weight excluding hydrogens is 251 g/mol. The average molecular weight is 263 g/mol. The molecule has 2 aromatic carbocycles. The summed E-state index contributed by atoms with van der Waals surface area (Å²) >= 11 is 5.87. The number of ether oxygens (including phenoxy) is 1. The Kier molecular flexibility index (Phi) is 2.65. The van der Waals surface area contributed by atoms with Crippen LogP contribution in [-0.4, -0.2) is 0 Å². The lowest BCUT2D eigenvalue weighted by Crippen LogP contribution is -2.03. The molecule has 92 valence electrons. The van der Waals surface area contributed by atoms with E-state index in [-0.39, 0.29) is 17.5 Å². The van der Waals surface area contributed by atoms with Gasteiger partial charge >= 0.3 is 0 Å². The number of epoxide rings is 1. The zero-order valence-corrected chi connectivity index (χ0v) is 10.6. The van der Waals surface area contributed by atoms with Crippen LogP contribution in [0.4, 0.5) is 4.39 Å². The van der Waals surface area contributed by atoms with Crippen LogP contribution in [0.25, 0.3) is 0 Å². The van der Waals surface area contributed by atoms with Gasteiger partial charge in [0.2, 0.25) is 0 Å². The van der Waals surface area contributed by atoms with Gasteiger partial charge < -0.3 is 4.74 Å². The molecule has 2 atom stereocenters. The lowest BCUT2D eigenvalue weighted by Gasteiger charge is -2.07. The minimum Gasteiger partial charge on any atom is -0.356 e. The molecule has 2 aromatic rings. The summed E-state index contributed by atoms with van der Waals surface area (Å²) in [6, 6.07) is 14.1. The van der Waals surface area contributed by atoms with Crippen molar-refractivity contribution in [3.05, 3.63) is 70.5 Å². The third kappa shape index (κ3) is 1.92. The second-order valence-corrected chi connectivity index (χ2v) is 5.10. The first kappa shape index (κ1) is 11.7. The van der Waals surface area contributed by atoms with Crippen molar-refractivity contribution in [3.63, 3.8) is 0 Å². The Morgan fingerprint density at radius 2 is 1.67 bits per heavy atom. The van der Waals surface area contributed by atoms with Crippen molar-refractivity contribution < 1.29 is 9.13 Å². The number of hydrogen-bond acceptors (Lipinski definition) is 1. The van der Waals surface area contributed by atoms with E-state index in [0.29, 0.717) is 5.02 Å². The zero-order chi connectivity index (χ0) is 12.8. The van der Waals surface area contributed by atoms with Gasteiger partial charge in [0, 0.05) is 5.02 Å². The molecule has 0 aliphatic carbocycles. The topological polar surface area (TPSA) is 12.5 Å². The van der Waals surface area contributed by atoms with Gasteiger partial charge in [-0.1, -0.05) is 35.9 Å². The molecule has 1 fully saturated rings. The Morgan fingerprint density at radius 3 is 2.28 bits per heavy atom. The first-order valence-corrected chi connectivity index (χ1v) is 6.17. The van der Waals surface area contributed by atoms with E-state index in [1.54, 1.807) is 12.1 Å². The molecule has 1 aliphatic rings. The van der Waals surface area contributed by atoms with Crippen LogP contribution in [-0.2, 0) is 10.3 Å². The number of rotatable bonds is 2. The molecule has 1 heterocycles. The third-order valence-electron chi connectivity index (χ3n) is 3.40. The van der Waals surface area contributed by atoms with Gasteiger partial charge in [-0.05, 0) is 42.3 Å². The average Bonchev–Trinajstić information content (AvgIpc) is 3.04. The van der Waals surface area contributed by atoms with Gasteiger partial charge in [-0.2, -0.15) is 0 Å². The van der Waals surface area contributed by atoms with Gasteiger partial charge in [0.05, 0.1) is 0 Å². The fourth-order valence-electron chi connectivity index (χ4n) is 2.23. The molecule has 18 heavy (non-hydrogen) atoms. The molecule has 1 nitrogen and oxygen atoms in total. The lowest BCUT2D eigenvalue weighted by atomic mass is 9.94. The van der Waals surface area contributed by atoms with E-state index < -0.39 is 0 Å². The Labute approximate surface area is 110 Å². The Bertz CT molecular complexity index is 564. The summed E-state index contributed by atoms with van der Waals surface area (Å²) in [4.78, 5) is 0. The van der Waals surface area contributed by atoms with Gasteiger partial charge in [0.1, 0.15) is 17.5 Å². The first-order chi connectivity index (χ1) is 8.59. The largest absolute Gasteiger partial charge is 0.356 e. The van der Waals surface area contributed by atoms with Crippen LogP contribution in [0.1, 0.15) is 24.2 Å². The van der Waals surface area contributed by atoms with Gasteiger partial charge in [0.25, 0.3) is 0 Å². The van der Waals surface area contributed by atoms with E-state index >= 15 is 0 Å². The first-order valence-electron chi connectivity index (χ1n) is 5.79. The summed E-state index contributed by atoms with van der Waals surface area (Å²) in [6.45, 7) is 2.03. The fourth-order valence-corrected chi connectivity index (χ4v) is 2.36. The van der Waals surface area contributed by atoms with E-state index in [2.05, 4.69) is 0 Å². The van der Waals surface area contributed by atoms with Crippen molar-refractivity contribution in [2.24, 2.45) is 0 Å². The van der Waals surface area contributed by atoms with Crippen LogP contribution in [0, 0.1) is 5.82 Å². The van der Waals surface area contributed by atoms with E-state index in [9.17, 15) is 4.39 Å². The van der Waals surface area contributed by atoms with Crippen LogP contribution in [0.3, 0.4) is 0 Å². The second kappa shape index (κ2) is 4.08. The summed E-state index contributed by atoms with van der Waals surface area (Å²) in [6.07, 6.45) is -0.0146. The fraction of sp³-hybridized carbons (Fsp3) is 0.200. The van der Waals surface area contributed by atoms with Gasteiger partial charge in [-0.3, -0.25) is 0 Å². The van der Waals surface area contributed by atoms with Gasteiger partial charge in [-0.15, -0.1) is 0 Å². The Balaban J connectivity index is 1.87. The standard InChI is InChI=1S/C15H12ClFO/c1-15(11-4-6-12(16)7-5-11)14(18-15)10-2-8-13(17)9-3-10/h2-9,14H,1H3. The van der Waals surface area contributed by atoms with Crippen LogP contribution in [0.15, 0.2) is 48.5 Å². The minimum absolute atomic E-state index is 0.0146. The molecule has 0 aromatic heterocycles. The molecule has 1 aliphatic heterocycles. The molecule has 0 radical (unpaired) electrons. The van der Waals surface area contributed by atoms with Crippen LogP contribution >= 0.6 is 11.6 Å². The molecule has 0 N–H and O–H groups in total. The van der Waals surface area contributed by atoms with Crippen molar-refractivity contribution in [1.29, 1.82) is 0 Å². The van der Waals surface area contributed by atoms with Crippen molar-refractivity contribution in [3.8, 4) is 0 Å². The van der Waals surface area contributed by atoms with Crippen molar-refractivity contribution in [2.75, 3.05) is 0 Å². The maximum Gasteiger partial charge on any atom is 0.123 e.